The Bertz CT molecular complexity index is 1460. The summed E-state index contributed by atoms with van der Waals surface area (Å²) in [6.07, 6.45) is 10.9. The molecule has 0 saturated heterocycles. The Morgan fingerprint density at radius 3 is 2.16 bits per heavy atom. The Hall–Kier alpha value is -1.73. The van der Waals surface area contributed by atoms with Crippen LogP contribution in [0.5, 0.6) is 0 Å². The standard InChI is InChI=1S/C43H67NO6/c1-24(2)34-29(45)21-43(32(46)23-44-22-25-10-11-25)19-18-41(8)26(35(34)43)12-13-31-40(7)16-15-33(39(5,6)30(40)14-17-42(31,41)9)50-37(49)28-20-27(36(47)48)38(28,3)4/h24-28,30-33,44,46H,10-23H2,1-9H3,(H,47,48)/t26-,27+,28-,30+,31-,32+,33+,40+,41-,42-,43+/m1/s1. The lowest BCUT2D eigenvalue weighted by molar-refractivity contribution is -0.238. The number of carbonyl (C=O) groups excluding carboxylic acids is 2. The average molecular weight is 694 g/mol. The fourth-order valence-electron chi connectivity index (χ4n) is 14.2. The van der Waals surface area contributed by atoms with Crippen molar-refractivity contribution < 1.29 is 29.3 Å². The van der Waals surface area contributed by atoms with E-state index in [4.69, 9.17) is 4.74 Å². The Labute approximate surface area is 301 Å². The van der Waals surface area contributed by atoms with Crippen molar-refractivity contribution in [3.05, 3.63) is 11.1 Å². The summed E-state index contributed by atoms with van der Waals surface area (Å²) in [6, 6.07) is 0. The van der Waals surface area contributed by atoms with Gasteiger partial charge in [0, 0.05) is 23.8 Å². The third-order valence-corrected chi connectivity index (χ3v) is 17.6. The van der Waals surface area contributed by atoms with E-state index in [-0.39, 0.29) is 51.4 Å². The maximum atomic E-state index is 13.9. The first-order chi connectivity index (χ1) is 23.3. The normalized spacial score (nSPS) is 45.1. The summed E-state index contributed by atoms with van der Waals surface area (Å²) in [6.45, 7) is 22.1. The number of hydrogen-bond donors (Lipinski definition) is 3. The van der Waals surface area contributed by atoms with Gasteiger partial charge in [-0.15, -0.1) is 0 Å². The molecule has 11 atom stereocenters. The number of fused-ring (bicyclic) bond motifs is 7. The SMILES string of the molecule is CC(C)C1=C2[C@H]3CC[C@@H]4[C@@]5(C)CC[C@H](OC(=O)[C@H]6C[C@@H](C(=O)O)C6(C)C)C(C)(C)[C@@H]5CC[C@@]4(C)[C@]3(C)CC[C@@]2([C@@H](O)CNCC2CC2)CC1=O. The first-order valence-corrected chi connectivity index (χ1v) is 20.4. The van der Waals surface area contributed by atoms with Gasteiger partial charge in [-0.1, -0.05) is 67.9 Å². The number of carbonyl (C=O) groups is 3. The summed E-state index contributed by atoms with van der Waals surface area (Å²) in [5.74, 6) is 0.558. The molecule has 50 heavy (non-hydrogen) atoms. The number of hydrogen-bond acceptors (Lipinski definition) is 6. The van der Waals surface area contributed by atoms with Crippen LogP contribution in [0.4, 0.5) is 0 Å². The molecule has 6 fully saturated rings. The highest BCUT2D eigenvalue weighted by Crippen LogP contribution is 2.77. The number of carboxylic acid groups (broad SMARTS) is 1. The lowest BCUT2D eigenvalue weighted by Gasteiger charge is -2.72. The van der Waals surface area contributed by atoms with Gasteiger partial charge in [-0.2, -0.15) is 0 Å². The zero-order chi connectivity index (χ0) is 36.4. The number of carboxylic acids is 1. The van der Waals surface area contributed by atoms with E-state index in [1.165, 1.54) is 18.4 Å². The van der Waals surface area contributed by atoms with Crippen molar-refractivity contribution in [1.82, 2.24) is 5.32 Å². The topological polar surface area (TPSA) is 113 Å². The van der Waals surface area contributed by atoms with Crippen LogP contribution in [0.1, 0.15) is 139 Å². The van der Waals surface area contributed by atoms with Crippen molar-refractivity contribution in [3.63, 3.8) is 0 Å². The molecule has 0 heterocycles. The molecule has 7 rings (SSSR count). The number of Topliss-reactive ketones (excluding diaryl/α,β-unsaturated/α-hetero) is 1. The van der Waals surface area contributed by atoms with Crippen molar-refractivity contribution in [2.45, 2.75) is 152 Å². The summed E-state index contributed by atoms with van der Waals surface area (Å²) < 4.78 is 6.41. The van der Waals surface area contributed by atoms with E-state index >= 15 is 0 Å². The summed E-state index contributed by atoms with van der Waals surface area (Å²) >= 11 is 0. The molecule has 7 aliphatic carbocycles. The molecule has 0 bridgehead atoms. The van der Waals surface area contributed by atoms with Gasteiger partial charge in [0.25, 0.3) is 0 Å². The minimum atomic E-state index is -0.821. The molecular formula is C43H67NO6. The monoisotopic (exact) mass is 693 g/mol. The quantitative estimate of drug-likeness (QED) is 0.210. The smallest absolute Gasteiger partial charge is 0.309 e. The first-order valence-electron chi connectivity index (χ1n) is 20.4. The number of ketones is 1. The molecule has 7 heteroatoms. The predicted octanol–water partition coefficient (Wildman–Crippen LogP) is 7.99. The molecule has 0 amide bonds. The lowest BCUT2D eigenvalue weighted by atomic mass is 9.33. The van der Waals surface area contributed by atoms with Gasteiger partial charge in [0.1, 0.15) is 6.10 Å². The largest absolute Gasteiger partial charge is 0.481 e. The average Bonchev–Trinajstić information content (AvgIpc) is 3.78. The molecule has 3 N–H and O–H groups in total. The Kier molecular flexibility index (Phi) is 8.71. The van der Waals surface area contributed by atoms with Gasteiger partial charge in [0.05, 0.1) is 17.9 Å². The van der Waals surface area contributed by atoms with Crippen molar-refractivity contribution >= 4 is 17.7 Å². The minimum Gasteiger partial charge on any atom is -0.481 e. The van der Waals surface area contributed by atoms with Gasteiger partial charge >= 0.3 is 11.9 Å². The predicted molar refractivity (Wildman–Crippen MR) is 194 cm³/mol. The summed E-state index contributed by atoms with van der Waals surface area (Å²) in [7, 11) is 0. The number of allylic oxidation sites excluding steroid dienone is 1. The van der Waals surface area contributed by atoms with Crippen molar-refractivity contribution in [1.29, 1.82) is 0 Å². The number of aliphatic hydroxyl groups excluding tert-OH is 1. The van der Waals surface area contributed by atoms with E-state index in [1.807, 2.05) is 13.8 Å². The molecular weight excluding hydrogens is 626 g/mol. The van der Waals surface area contributed by atoms with E-state index < -0.39 is 28.8 Å². The van der Waals surface area contributed by atoms with E-state index in [0.717, 1.165) is 69.4 Å². The molecule has 7 nitrogen and oxygen atoms in total. The molecule has 280 valence electrons. The number of aliphatic hydroxyl groups is 1. The van der Waals surface area contributed by atoms with Crippen LogP contribution in [0.2, 0.25) is 0 Å². The maximum absolute atomic E-state index is 13.9. The van der Waals surface area contributed by atoms with Gasteiger partial charge < -0.3 is 20.3 Å². The van der Waals surface area contributed by atoms with Crippen molar-refractivity contribution in [2.24, 2.45) is 73.9 Å². The second-order valence-electron chi connectivity index (χ2n) is 20.8. The Morgan fingerprint density at radius 2 is 1.54 bits per heavy atom. The summed E-state index contributed by atoms with van der Waals surface area (Å²) in [5, 5.41) is 25.2. The molecule has 7 aliphatic rings. The van der Waals surface area contributed by atoms with E-state index in [1.54, 1.807) is 0 Å². The van der Waals surface area contributed by atoms with Crippen LogP contribution in [0.3, 0.4) is 0 Å². The molecule has 0 spiro atoms. The Morgan fingerprint density at radius 1 is 0.840 bits per heavy atom. The van der Waals surface area contributed by atoms with Crippen LogP contribution < -0.4 is 5.32 Å². The zero-order valence-corrected chi connectivity index (χ0v) is 32.6. The second-order valence-corrected chi connectivity index (χ2v) is 20.8. The van der Waals surface area contributed by atoms with E-state index in [2.05, 4.69) is 53.8 Å². The van der Waals surface area contributed by atoms with Crippen LogP contribution in [-0.4, -0.2) is 53.2 Å². The molecule has 0 aromatic rings. The number of rotatable bonds is 9. The number of aliphatic carboxylic acids is 1. The Balaban J connectivity index is 1.14. The van der Waals surface area contributed by atoms with Gasteiger partial charge in [-0.25, -0.2) is 0 Å². The fourth-order valence-corrected chi connectivity index (χ4v) is 14.2. The molecule has 6 saturated carbocycles. The molecule has 0 aliphatic heterocycles. The number of esters is 1. The number of nitrogens with one attached hydrogen (secondary N) is 1. The minimum absolute atomic E-state index is 0.0403. The van der Waals surface area contributed by atoms with Crippen LogP contribution in [0, 0.1) is 73.9 Å². The number of ether oxygens (including phenoxy) is 1. The molecule has 0 aromatic carbocycles. The summed E-state index contributed by atoms with van der Waals surface area (Å²) in [4.78, 5) is 39.2. The first kappa shape index (κ1) is 36.6. The highest BCUT2D eigenvalue weighted by atomic mass is 16.5. The van der Waals surface area contributed by atoms with E-state index in [9.17, 15) is 24.6 Å². The van der Waals surface area contributed by atoms with Gasteiger partial charge in [-0.3, -0.25) is 14.4 Å². The van der Waals surface area contributed by atoms with Gasteiger partial charge in [-0.05, 0) is 134 Å². The highest BCUT2D eigenvalue weighted by molar-refractivity contribution is 6.00. The van der Waals surface area contributed by atoms with Crippen LogP contribution in [0.25, 0.3) is 0 Å². The van der Waals surface area contributed by atoms with Crippen LogP contribution in [0.15, 0.2) is 11.1 Å². The van der Waals surface area contributed by atoms with Gasteiger partial charge in [0.2, 0.25) is 0 Å². The van der Waals surface area contributed by atoms with Crippen LogP contribution in [-0.2, 0) is 19.1 Å². The highest BCUT2D eigenvalue weighted by Gasteiger charge is 2.71. The van der Waals surface area contributed by atoms with Crippen LogP contribution >= 0.6 is 0 Å². The zero-order valence-electron chi connectivity index (χ0n) is 32.6. The van der Waals surface area contributed by atoms with Crippen molar-refractivity contribution in [2.75, 3.05) is 13.1 Å². The van der Waals surface area contributed by atoms with Gasteiger partial charge in [0.15, 0.2) is 5.78 Å². The third kappa shape index (κ3) is 5.03. The molecule has 0 radical (unpaired) electrons. The maximum Gasteiger partial charge on any atom is 0.309 e. The molecule has 0 aromatic heterocycles. The fraction of sp³-hybridized carbons (Fsp3) is 0.884. The van der Waals surface area contributed by atoms with Crippen molar-refractivity contribution in [3.8, 4) is 0 Å². The van der Waals surface area contributed by atoms with E-state index in [0.29, 0.717) is 37.1 Å². The second kappa shape index (κ2) is 11.9. The lowest BCUT2D eigenvalue weighted by Crippen LogP contribution is -2.66. The third-order valence-electron chi connectivity index (χ3n) is 17.6. The summed E-state index contributed by atoms with van der Waals surface area (Å²) in [5.41, 5.74) is 1.42. The molecule has 0 unspecified atom stereocenters.